The maximum atomic E-state index is 13.0. The molecule has 1 heterocycles. The van der Waals surface area contributed by atoms with E-state index >= 15 is 0 Å². The number of benzene rings is 1. The molecule has 1 amide bonds. The van der Waals surface area contributed by atoms with Crippen molar-refractivity contribution in [1.29, 1.82) is 0 Å². The van der Waals surface area contributed by atoms with E-state index in [4.69, 9.17) is 4.74 Å². The van der Waals surface area contributed by atoms with Gasteiger partial charge in [-0.3, -0.25) is 14.9 Å². The Kier molecular flexibility index (Phi) is 6.48. The van der Waals surface area contributed by atoms with Crippen molar-refractivity contribution in [2.75, 3.05) is 25.3 Å². The molecule has 0 saturated carbocycles. The molecule has 1 unspecified atom stereocenters. The first-order chi connectivity index (χ1) is 12.2. The fourth-order valence-corrected chi connectivity index (χ4v) is 5.69. The van der Waals surface area contributed by atoms with Crippen molar-refractivity contribution in [3.05, 3.63) is 28.3 Å². The Morgan fingerprint density at radius 3 is 2.77 bits per heavy atom. The second-order valence-corrected chi connectivity index (χ2v) is 9.00. The lowest BCUT2D eigenvalue weighted by Gasteiger charge is -2.23. The molecular weight excluding hydrogens is 382 g/mol. The number of thioether (sulfide) groups is 1. The molecule has 11 heteroatoms. The summed E-state index contributed by atoms with van der Waals surface area (Å²) in [6, 6.07) is 2.47. The van der Waals surface area contributed by atoms with Crippen LogP contribution in [-0.4, -0.2) is 54.9 Å². The highest BCUT2D eigenvalue weighted by Crippen LogP contribution is 2.34. The number of hydrogen-bond donors (Lipinski definition) is 1. The lowest BCUT2D eigenvalue weighted by atomic mass is 10.2. The fourth-order valence-electron chi connectivity index (χ4n) is 2.40. The number of nitro groups is 1. The van der Waals surface area contributed by atoms with Crippen LogP contribution in [-0.2, 0) is 14.8 Å². The first-order valence-electron chi connectivity index (χ1n) is 7.88. The molecule has 0 aliphatic carbocycles. The van der Waals surface area contributed by atoms with Gasteiger partial charge in [-0.1, -0.05) is 13.8 Å². The van der Waals surface area contributed by atoms with Gasteiger partial charge in [0, 0.05) is 18.4 Å². The Labute approximate surface area is 156 Å². The van der Waals surface area contributed by atoms with Crippen LogP contribution in [0.1, 0.15) is 13.8 Å². The van der Waals surface area contributed by atoms with Gasteiger partial charge in [-0.15, -0.1) is 11.8 Å². The number of nitrogens with zero attached hydrogens (tertiary/aromatic N) is 2. The number of amides is 1. The topological polar surface area (TPSA) is 119 Å². The molecule has 2 rings (SSSR count). The van der Waals surface area contributed by atoms with Crippen LogP contribution >= 0.6 is 11.8 Å². The van der Waals surface area contributed by atoms with Crippen molar-refractivity contribution < 1.29 is 22.9 Å². The smallest absolute Gasteiger partial charge is 0.273 e. The second-order valence-electron chi connectivity index (χ2n) is 6.14. The van der Waals surface area contributed by atoms with Crippen molar-refractivity contribution in [1.82, 2.24) is 9.62 Å². The van der Waals surface area contributed by atoms with E-state index in [1.165, 1.54) is 18.9 Å². The molecule has 1 saturated heterocycles. The van der Waals surface area contributed by atoms with E-state index in [-0.39, 0.29) is 34.0 Å². The minimum atomic E-state index is -4.05. The zero-order valence-electron chi connectivity index (χ0n) is 14.7. The third kappa shape index (κ3) is 4.27. The Hall–Kier alpha value is -1.85. The zero-order valence-corrected chi connectivity index (χ0v) is 16.3. The quantitative estimate of drug-likeness (QED) is 0.540. The first kappa shape index (κ1) is 20.5. The Balaban J connectivity index is 2.34. The van der Waals surface area contributed by atoms with Gasteiger partial charge in [-0.05, 0) is 12.0 Å². The van der Waals surface area contributed by atoms with Crippen LogP contribution in [0.4, 0.5) is 5.69 Å². The normalized spacial score (nSPS) is 18.1. The number of ether oxygens (including phenoxy) is 1. The maximum Gasteiger partial charge on any atom is 0.273 e. The summed E-state index contributed by atoms with van der Waals surface area (Å²) >= 11 is 1.33. The molecule has 0 spiro atoms. The largest absolute Gasteiger partial charge is 0.495 e. The van der Waals surface area contributed by atoms with Gasteiger partial charge in [0.25, 0.3) is 5.69 Å². The summed E-state index contributed by atoms with van der Waals surface area (Å²) in [6.07, 6.45) is 0. The molecule has 1 fully saturated rings. The minimum Gasteiger partial charge on any atom is -0.495 e. The SMILES string of the molecule is COc1cc([N+](=O)[O-])ccc1S(=O)(=O)N1CSCC1C(=O)NCC(C)C. The molecule has 1 N–H and O–H groups in total. The van der Waals surface area contributed by atoms with Crippen molar-refractivity contribution in [2.45, 2.75) is 24.8 Å². The Morgan fingerprint density at radius 1 is 1.50 bits per heavy atom. The van der Waals surface area contributed by atoms with Crippen LogP contribution in [0.25, 0.3) is 0 Å². The van der Waals surface area contributed by atoms with Crippen LogP contribution in [0.5, 0.6) is 5.75 Å². The van der Waals surface area contributed by atoms with E-state index in [0.29, 0.717) is 12.3 Å². The number of sulfonamides is 1. The molecule has 1 aromatic rings. The number of carbonyl (C=O) groups is 1. The monoisotopic (exact) mass is 403 g/mol. The number of carbonyl (C=O) groups excluding carboxylic acids is 1. The van der Waals surface area contributed by atoms with E-state index in [2.05, 4.69) is 5.32 Å². The summed E-state index contributed by atoms with van der Waals surface area (Å²) in [6.45, 7) is 4.34. The van der Waals surface area contributed by atoms with Gasteiger partial charge in [0.15, 0.2) is 0 Å². The lowest BCUT2D eigenvalue weighted by molar-refractivity contribution is -0.385. The highest BCUT2D eigenvalue weighted by molar-refractivity contribution is 8.00. The predicted octanol–water partition coefficient (Wildman–Crippen LogP) is 1.44. The number of nitro benzene ring substituents is 1. The molecule has 26 heavy (non-hydrogen) atoms. The average Bonchev–Trinajstić information content (AvgIpc) is 3.09. The van der Waals surface area contributed by atoms with Gasteiger partial charge in [0.2, 0.25) is 15.9 Å². The molecule has 1 aromatic carbocycles. The standard InChI is InChI=1S/C15H21N3O6S2/c1-10(2)7-16-15(19)12-8-25-9-17(12)26(22,23)14-5-4-11(18(20)21)6-13(14)24-3/h4-6,10,12H,7-9H2,1-3H3,(H,16,19). The third-order valence-electron chi connectivity index (χ3n) is 3.77. The van der Waals surface area contributed by atoms with Crippen LogP contribution in [0.3, 0.4) is 0 Å². The molecule has 9 nitrogen and oxygen atoms in total. The Bertz CT molecular complexity index is 797. The van der Waals surface area contributed by atoms with Crippen molar-refractivity contribution in [3.8, 4) is 5.75 Å². The summed E-state index contributed by atoms with van der Waals surface area (Å²) in [5.74, 6) is 0.235. The summed E-state index contributed by atoms with van der Waals surface area (Å²) in [4.78, 5) is 22.4. The van der Waals surface area contributed by atoms with Crippen molar-refractivity contribution >= 4 is 33.4 Å². The number of rotatable bonds is 7. The summed E-state index contributed by atoms with van der Waals surface area (Å²) in [5, 5.41) is 13.6. The molecule has 1 aliphatic heterocycles. The molecular formula is C15H21N3O6S2. The fraction of sp³-hybridized carbons (Fsp3) is 0.533. The second kappa shape index (κ2) is 8.23. The van der Waals surface area contributed by atoms with Crippen LogP contribution in [0, 0.1) is 16.0 Å². The molecule has 1 atom stereocenters. The van der Waals surface area contributed by atoms with Crippen molar-refractivity contribution in [2.24, 2.45) is 5.92 Å². The van der Waals surface area contributed by atoms with Crippen molar-refractivity contribution in [3.63, 3.8) is 0 Å². The zero-order chi connectivity index (χ0) is 19.5. The molecule has 0 radical (unpaired) electrons. The van der Waals surface area contributed by atoms with E-state index in [0.717, 1.165) is 22.5 Å². The predicted molar refractivity (Wildman–Crippen MR) is 97.6 cm³/mol. The van der Waals surface area contributed by atoms with Crippen LogP contribution in [0.15, 0.2) is 23.1 Å². The third-order valence-corrected chi connectivity index (χ3v) is 6.84. The maximum absolute atomic E-state index is 13.0. The highest BCUT2D eigenvalue weighted by Gasteiger charge is 2.41. The number of non-ortho nitro benzene ring substituents is 1. The molecule has 144 valence electrons. The summed E-state index contributed by atoms with van der Waals surface area (Å²) in [7, 11) is -2.81. The van der Waals surface area contributed by atoms with Gasteiger partial charge < -0.3 is 10.1 Å². The van der Waals surface area contributed by atoms with Gasteiger partial charge in [0.1, 0.15) is 16.7 Å². The van der Waals surface area contributed by atoms with Gasteiger partial charge >= 0.3 is 0 Å². The number of hydrogen-bond acceptors (Lipinski definition) is 7. The Morgan fingerprint density at radius 2 is 2.19 bits per heavy atom. The minimum absolute atomic E-state index is 0.127. The molecule has 1 aliphatic rings. The first-order valence-corrected chi connectivity index (χ1v) is 10.5. The molecule has 0 bridgehead atoms. The number of nitrogens with one attached hydrogen (secondary N) is 1. The highest BCUT2D eigenvalue weighted by atomic mass is 32.2. The number of methoxy groups -OCH3 is 1. The van der Waals surface area contributed by atoms with E-state index < -0.39 is 21.0 Å². The van der Waals surface area contributed by atoms with E-state index in [9.17, 15) is 23.3 Å². The molecule has 0 aromatic heterocycles. The lowest BCUT2D eigenvalue weighted by Crippen LogP contribution is -2.47. The van der Waals surface area contributed by atoms with Gasteiger partial charge in [-0.25, -0.2) is 8.42 Å². The van der Waals surface area contributed by atoms with Gasteiger partial charge in [-0.2, -0.15) is 4.31 Å². The van der Waals surface area contributed by atoms with E-state index in [1.807, 2.05) is 13.8 Å². The van der Waals surface area contributed by atoms with Crippen LogP contribution < -0.4 is 10.1 Å². The van der Waals surface area contributed by atoms with E-state index in [1.54, 1.807) is 0 Å². The van der Waals surface area contributed by atoms with Crippen LogP contribution in [0.2, 0.25) is 0 Å². The average molecular weight is 403 g/mol. The van der Waals surface area contributed by atoms with Gasteiger partial charge in [0.05, 0.1) is 24.0 Å². The summed E-state index contributed by atoms with van der Waals surface area (Å²) < 4.78 is 32.2. The summed E-state index contributed by atoms with van der Waals surface area (Å²) in [5.41, 5.74) is -0.275.